The lowest BCUT2D eigenvalue weighted by atomic mass is 10.2. The van der Waals surface area contributed by atoms with Gasteiger partial charge < -0.3 is 0 Å². The van der Waals surface area contributed by atoms with Crippen LogP contribution in [0.1, 0.15) is 0 Å². The highest BCUT2D eigenvalue weighted by molar-refractivity contribution is 14.1. The van der Waals surface area contributed by atoms with E-state index in [0.717, 1.165) is 20.3 Å². The molecule has 3 rings (SSSR count). The highest BCUT2D eigenvalue weighted by atomic mass is 127. The van der Waals surface area contributed by atoms with E-state index in [9.17, 15) is 0 Å². The van der Waals surface area contributed by atoms with Crippen molar-refractivity contribution in [2.45, 2.75) is 0 Å². The summed E-state index contributed by atoms with van der Waals surface area (Å²) in [6, 6.07) is 7.91. The number of aromatic nitrogens is 4. The zero-order valence-electron chi connectivity index (χ0n) is 8.21. The number of hydrogen-bond donors (Lipinski definition) is 0. The standard InChI is InChI=1S/C11H7IN4/c12-8-5-15-16(6-8)11-9-3-1-2-4-10(9)13-7-14-11/h1-7H. The molecule has 0 spiro atoms. The van der Waals surface area contributed by atoms with Crippen LogP contribution in [0.15, 0.2) is 43.0 Å². The second-order valence-corrected chi connectivity index (χ2v) is 4.56. The molecule has 0 radical (unpaired) electrons. The van der Waals surface area contributed by atoms with Crippen molar-refractivity contribution in [2.24, 2.45) is 0 Å². The Labute approximate surface area is 105 Å². The number of nitrogens with zero attached hydrogens (tertiary/aromatic N) is 4. The molecule has 0 amide bonds. The molecule has 0 aliphatic heterocycles. The fraction of sp³-hybridized carbons (Fsp3) is 0. The van der Waals surface area contributed by atoms with Crippen molar-refractivity contribution < 1.29 is 0 Å². The number of para-hydroxylation sites is 1. The summed E-state index contributed by atoms with van der Waals surface area (Å²) in [6.45, 7) is 0. The van der Waals surface area contributed by atoms with Crippen LogP contribution in [0.5, 0.6) is 0 Å². The molecule has 5 heteroatoms. The van der Waals surface area contributed by atoms with Crippen molar-refractivity contribution >= 4 is 33.5 Å². The van der Waals surface area contributed by atoms with Gasteiger partial charge in [-0.3, -0.25) is 0 Å². The number of hydrogen-bond acceptors (Lipinski definition) is 3. The third-order valence-electron chi connectivity index (χ3n) is 2.29. The SMILES string of the molecule is Ic1cnn(-c2ncnc3ccccc23)c1. The van der Waals surface area contributed by atoms with Crippen molar-refractivity contribution in [2.75, 3.05) is 0 Å². The van der Waals surface area contributed by atoms with Crippen LogP contribution < -0.4 is 0 Å². The van der Waals surface area contributed by atoms with Crippen molar-refractivity contribution in [3.8, 4) is 5.82 Å². The van der Waals surface area contributed by atoms with E-state index >= 15 is 0 Å². The number of rotatable bonds is 1. The largest absolute Gasteiger partial charge is 0.236 e. The van der Waals surface area contributed by atoms with Gasteiger partial charge in [0.1, 0.15) is 6.33 Å². The van der Waals surface area contributed by atoms with Gasteiger partial charge in [0.05, 0.1) is 15.3 Å². The van der Waals surface area contributed by atoms with E-state index in [0.29, 0.717) is 0 Å². The van der Waals surface area contributed by atoms with E-state index in [1.54, 1.807) is 17.2 Å². The zero-order valence-corrected chi connectivity index (χ0v) is 10.4. The number of benzene rings is 1. The van der Waals surface area contributed by atoms with Crippen molar-refractivity contribution in [3.63, 3.8) is 0 Å². The van der Waals surface area contributed by atoms with Gasteiger partial charge in [-0.25, -0.2) is 14.6 Å². The summed E-state index contributed by atoms with van der Waals surface area (Å²) in [4.78, 5) is 8.50. The maximum atomic E-state index is 4.28. The molecule has 0 unspecified atom stereocenters. The first-order valence-corrected chi connectivity index (χ1v) is 5.83. The van der Waals surface area contributed by atoms with Gasteiger partial charge in [0.15, 0.2) is 5.82 Å². The summed E-state index contributed by atoms with van der Waals surface area (Å²) in [5, 5.41) is 5.26. The average Bonchev–Trinajstić information content (AvgIpc) is 2.75. The van der Waals surface area contributed by atoms with Gasteiger partial charge in [-0.15, -0.1) is 0 Å². The van der Waals surface area contributed by atoms with Gasteiger partial charge in [-0.1, -0.05) is 12.1 Å². The van der Waals surface area contributed by atoms with Crippen molar-refractivity contribution in [3.05, 3.63) is 46.6 Å². The highest BCUT2D eigenvalue weighted by Gasteiger charge is 2.05. The minimum absolute atomic E-state index is 0.813. The fourth-order valence-electron chi connectivity index (χ4n) is 1.59. The maximum absolute atomic E-state index is 4.28. The van der Waals surface area contributed by atoms with E-state index in [4.69, 9.17) is 0 Å². The lowest BCUT2D eigenvalue weighted by Gasteiger charge is -2.03. The molecule has 0 aliphatic rings. The van der Waals surface area contributed by atoms with Gasteiger partial charge in [0.2, 0.25) is 0 Å². The predicted octanol–water partition coefficient (Wildman–Crippen LogP) is 2.42. The van der Waals surface area contributed by atoms with Gasteiger partial charge in [-0.05, 0) is 34.7 Å². The maximum Gasteiger partial charge on any atom is 0.164 e. The summed E-state index contributed by atoms with van der Waals surface area (Å²) in [6.07, 6.45) is 5.30. The number of halogens is 1. The topological polar surface area (TPSA) is 43.6 Å². The minimum atomic E-state index is 0.813. The van der Waals surface area contributed by atoms with E-state index < -0.39 is 0 Å². The van der Waals surface area contributed by atoms with E-state index in [1.807, 2.05) is 30.5 Å². The second kappa shape index (κ2) is 3.82. The molecule has 2 heterocycles. The molecule has 0 saturated heterocycles. The second-order valence-electron chi connectivity index (χ2n) is 3.32. The molecule has 0 atom stereocenters. The molecular formula is C11H7IN4. The van der Waals surface area contributed by atoms with Crippen LogP contribution >= 0.6 is 22.6 Å². The molecule has 0 saturated carbocycles. The van der Waals surface area contributed by atoms with Crippen molar-refractivity contribution in [1.29, 1.82) is 0 Å². The average molecular weight is 322 g/mol. The molecule has 4 nitrogen and oxygen atoms in total. The first-order chi connectivity index (χ1) is 7.84. The Balaban J connectivity index is 2.31. The summed E-state index contributed by atoms with van der Waals surface area (Å²) in [5.41, 5.74) is 0.929. The van der Waals surface area contributed by atoms with Crippen molar-refractivity contribution in [1.82, 2.24) is 19.7 Å². The fourth-order valence-corrected chi connectivity index (χ4v) is 1.98. The molecule has 0 N–H and O–H groups in total. The van der Waals surface area contributed by atoms with Crippen LogP contribution in [0, 0.1) is 3.57 Å². The zero-order chi connectivity index (χ0) is 11.0. The van der Waals surface area contributed by atoms with Gasteiger partial charge in [-0.2, -0.15) is 5.10 Å². The molecule has 3 aromatic rings. The predicted molar refractivity (Wildman–Crippen MR) is 69.4 cm³/mol. The van der Waals surface area contributed by atoms with Gasteiger partial charge >= 0.3 is 0 Å². The van der Waals surface area contributed by atoms with Crippen LogP contribution in [-0.2, 0) is 0 Å². The smallest absolute Gasteiger partial charge is 0.164 e. The molecule has 78 valence electrons. The summed E-state index contributed by atoms with van der Waals surface area (Å²) in [7, 11) is 0. The minimum Gasteiger partial charge on any atom is -0.236 e. The molecule has 2 aromatic heterocycles. The first-order valence-electron chi connectivity index (χ1n) is 4.75. The van der Waals surface area contributed by atoms with Crippen LogP contribution in [0.4, 0.5) is 0 Å². The Hall–Kier alpha value is -1.50. The highest BCUT2D eigenvalue weighted by Crippen LogP contribution is 2.17. The Bertz CT molecular complexity index is 642. The Morgan fingerprint density at radius 1 is 1.12 bits per heavy atom. The van der Waals surface area contributed by atoms with Crippen LogP contribution in [0.3, 0.4) is 0 Å². The summed E-state index contributed by atoms with van der Waals surface area (Å²) >= 11 is 2.22. The van der Waals surface area contributed by atoms with Crippen LogP contribution in [0.2, 0.25) is 0 Å². The molecule has 0 fully saturated rings. The molecule has 1 aromatic carbocycles. The quantitative estimate of drug-likeness (QED) is 0.646. The van der Waals surface area contributed by atoms with Crippen LogP contribution in [0.25, 0.3) is 16.7 Å². The Morgan fingerprint density at radius 2 is 2.00 bits per heavy atom. The molecule has 0 aliphatic carbocycles. The lowest BCUT2D eigenvalue weighted by molar-refractivity contribution is 0.851. The Kier molecular flexibility index (Phi) is 2.32. The van der Waals surface area contributed by atoms with E-state index in [-0.39, 0.29) is 0 Å². The molecular weight excluding hydrogens is 315 g/mol. The number of fused-ring (bicyclic) bond motifs is 1. The third-order valence-corrected chi connectivity index (χ3v) is 2.85. The lowest BCUT2D eigenvalue weighted by Crippen LogP contribution is -1.99. The van der Waals surface area contributed by atoms with Gasteiger partial charge in [0, 0.05) is 11.6 Å². The summed E-state index contributed by atoms with van der Waals surface area (Å²) in [5.74, 6) is 0.813. The monoisotopic (exact) mass is 322 g/mol. The van der Waals surface area contributed by atoms with E-state index in [1.165, 1.54) is 0 Å². The Morgan fingerprint density at radius 3 is 2.81 bits per heavy atom. The van der Waals surface area contributed by atoms with Crippen LogP contribution in [-0.4, -0.2) is 19.7 Å². The third kappa shape index (κ3) is 1.57. The first kappa shape index (κ1) is 9.71. The summed E-state index contributed by atoms with van der Waals surface area (Å²) < 4.78 is 2.85. The molecule has 0 bridgehead atoms. The normalized spacial score (nSPS) is 10.8. The van der Waals surface area contributed by atoms with Gasteiger partial charge in [0.25, 0.3) is 0 Å². The molecule has 16 heavy (non-hydrogen) atoms. The van der Waals surface area contributed by atoms with E-state index in [2.05, 4.69) is 37.7 Å².